The minimum atomic E-state index is -3.65. The first-order valence-electron chi connectivity index (χ1n) is 7.59. The summed E-state index contributed by atoms with van der Waals surface area (Å²) in [5.74, 6) is -0.316. The predicted octanol–water partition coefficient (Wildman–Crippen LogP) is 4.87. The van der Waals surface area contributed by atoms with Crippen LogP contribution in [0.3, 0.4) is 0 Å². The highest BCUT2D eigenvalue weighted by Gasteiger charge is 2.16. The summed E-state index contributed by atoms with van der Waals surface area (Å²) in [6.07, 6.45) is 0. The molecule has 0 unspecified atom stereocenters. The Kier molecular flexibility index (Phi) is 5.45. The largest absolute Gasteiger partial charge is 0.322 e. The number of nitrogens with one attached hydrogen (secondary N) is 2. The molecule has 134 valence electrons. The minimum absolute atomic E-state index is 0.220. The zero-order valence-electron chi connectivity index (χ0n) is 13.7. The van der Waals surface area contributed by atoms with Crippen molar-refractivity contribution in [2.75, 3.05) is 10.0 Å². The maximum atomic E-state index is 12.5. The molecular weight excluding hydrogens is 436 g/mol. The second kappa shape index (κ2) is 7.61. The number of anilines is 2. The van der Waals surface area contributed by atoms with Crippen molar-refractivity contribution in [1.82, 2.24) is 0 Å². The molecule has 2 N–H and O–H groups in total. The summed E-state index contributed by atoms with van der Waals surface area (Å²) in [5, 5.41) is 4.53. The number of sulfonamides is 1. The van der Waals surface area contributed by atoms with E-state index in [1.54, 1.807) is 29.6 Å². The van der Waals surface area contributed by atoms with Crippen LogP contribution in [-0.4, -0.2) is 14.3 Å². The molecule has 0 atom stereocenters. The van der Waals surface area contributed by atoms with E-state index in [0.29, 0.717) is 16.9 Å². The molecule has 1 aromatic heterocycles. The second-order valence-corrected chi connectivity index (χ2v) is 9.30. The molecule has 0 aliphatic carbocycles. The van der Waals surface area contributed by atoms with Gasteiger partial charge in [0.1, 0.15) is 4.21 Å². The van der Waals surface area contributed by atoms with E-state index >= 15 is 0 Å². The second-order valence-electron chi connectivity index (χ2n) is 5.53. The SMILES string of the molecule is Cc1ccc(Br)cc1NC(=O)c1cccc(NS(=O)(=O)c2cccs2)c1. The smallest absolute Gasteiger partial charge is 0.271 e. The molecule has 0 radical (unpaired) electrons. The Labute approximate surface area is 164 Å². The zero-order valence-corrected chi connectivity index (χ0v) is 16.9. The van der Waals surface area contributed by atoms with Gasteiger partial charge in [0.25, 0.3) is 15.9 Å². The molecule has 0 fully saturated rings. The fourth-order valence-corrected chi connectivity index (χ4v) is 4.67. The zero-order chi connectivity index (χ0) is 18.7. The molecule has 1 heterocycles. The van der Waals surface area contributed by atoms with Crippen LogP contribution in [-0.2, 0) is 10.0 Å². The maximum Gasteiger partial charge on any atom is 0.271 e. The van der Waals surface area contributed by atoms with E-state index in [1.807, 2.05) is 25.1 Å². The lowest BCUT2D eigenvalue weighted by Gasteiger charge is -2.11. The number of carbonyl (C=O) groups excluding carboxylic acids is 1. The highest BCUT2D eigenvalue weighted by molar-refractivity contribution is 9.10. The van der Waals surface area contributed by atoms with E-state index < -0.39 is 10.0 Å². The molecular formula is C18H15BrN2O3S2. The van der Waals surface area contributed by atoms with Crippen LogP contribution in [0.1, 0.15) is 15.9 Å². The van der Waals surface area contributed by atoms with Gasteiger partial charge in [-0.05, 0) is 54.3 Å². The van der Waals surface area contributed by atoms with E-state index in [4.69, 9.17) is 0 Å². The summed E-state index contributed by atoms with van der Waals surface area (Å²) >= 11 is 4.51. The number of benzene rings is 2. The van der Waals surface area contributed by atoms with Gasteiger partial charge in [-0.3, -0.25) is 9.52 Å². The molecule has 3 aromatic rings. The van der Waals surface area contributed by atoms with Crippen molar-refractivity contribution in [2.45, 2.75) is 11.1 Å². The van der Waals surface area contributed by atoms with E-state index in [9.17, 15) is 13.2 Å². The first-order chi connectivity index (χ1) is 12.3. The number of hydrogen-bond acceptors (Lipinski definition) is 4. The summed E-state index contributed by atoms with van der Waals surface area (Å²) in [6.45, 7) is 1.90. The van der Waals surface area contributed by atoms with E-state index in [1.165, 1.54) is 12.1 Å². The molecule has 0 saturated heterocycles. The van der Waals surface area contributed by atoms with Crippen LogP contribution in [0.5, 0.6) is 0 Å². The lowest BCUT2D eigenvalue weighted by atomic mass is 10.1. The Morgan fingerprint density at radius 1 is 1.08 bits per heavy atom. The van der Waals surface area contributed by atoms with Gasteiger partial charge in [-0.25, -0.2) is 8.42 Å². The van der Waals surface area contributed by atoms with Gasteiger partial charge in [-0.15, -0.1) is 11.3 Å². The molecule has 5 nitrogen and oxygen atoms in total. The van der Waals surface area contributed by atoms with Gasteiger partial charge in [-0.1, -0.05) is 34.1 Å². The van der Waals surface area contributed by atoms with Crippen molar-refractivity contribution < 1.29 is 13.2 Å². The van der Waals surface area contributed by atoms with Crippen LogP contribution in [0.15, 0.2) is 68.7 Å². The average molecular weight is 451 g/mol. The van der Waals surface area contributed by atoms with Crippen molar-refractivity contribution in [1.29, 1.82) is 0 Å². The normalized spacial score (nSPS) is 11.2. The Morgan fingerprint density at radius 2 is 1.88 bits per heavy atom. The minimum Gasteiger partial charge on any atom is -0.322 e. The van der Waals surface area contributed by atoms with E-state index in [-0.39, 0.29) is 10.1 Å². The van der Waals surface area contributed by atoms with E-state index in [0.717, 1.165) is 21.4 Å². The number of thiophene rings is 1. The standard InChI is InChI=1S/C18H15BrN2O3S2/c1-12-7-8-14(19)11-16(12)20-18(22)13-4-2-5-15(10-13)21-26(23,24)17-6-3-9-25-17/h2-11,21H,1H3,(H,20,22). The van der Waals surface area contributed by atoms with Crippen LogP contribution < -0.4 is 10.0 Å². The van der Waals surface area contributed by atoms with Gasteiger partial charge in [0, 0.05) is 21.4 Å². The Morgan fingerprint density at radius 3 is 2.62 bits per heavy atom. The molecule has 1 amide bonds. The van der Waals surface area contributed by atoms with Gasteiger partial charge in [0.15, 0.2) is 0 Å². The van der Waals surface area contributed by atoms with Crippen molar-refractivity contribution in [3.05, 3.63) is 75.6 Å². The monoisotopic (exact) mass is 450 g/mol. The van der Waals surface area contributed by atoms with Crippen molar-refractivity contribution >= 4 is 54.6 Å². The number of amides is 1. The van der Waals surface area contributed by atoms with Gasteiger partial charge >= 0.3 is 0 Å². The van der Waals surface area contributed by atoms with Gasteiger partial charge < -0.3 is 5.32 Å². The molecule has 3 rings (SSSR count). The number of hydrogen-bond donors (Lipinski definition) is 2. The fraction of sp³-hybridized carbons (Fsp3) is 0.0556. The summed E-state index contributed by atoms with van der Waals surface area (Å²) in [7, 11) is -3.65. The molecule has 0 spiro atoms. The number of halogens is 1. The van der Waals surface area contributed by atoms with E-state index in [2.05, 4.69) is 26.0 Å². The fourth-order valence-electron chi connectivity index (χ4n) is 2.27. The Balaban J connectivity index is 1.81. The Hall–Kier alpha value is -2.16. The van der Waals surface area contributed by atoms with Gasteiger partial charge in [0.05, 0.1) is 0 Å². The Bertz CT molecular complexity index is 1050. The van der Waals surface area contributed by atoms with Crippen LogP contribution in [0.25, 0.3) is 0 Å². The highest BCUT2D eigenvalue weighted by Crippen LogP contribution is 2.23. The van der Waals surface area contributed by atoms with Crippen molar-refractivity contribution in [3.8, 4) is 0 Å². The summed E-state index contributed by atoms with van der Waals surface area (Å²) in [6, 6.07) is 15.2. The van der Waals surface area contributed by atoms with Crippen molar-refractivity contribution in [3.63, 3.8) is 0 Å². The molecule has 8 heteroatoms. The molecule has 0 saturated carbocycles. The van der Waals surface area contributed by atoms with Gasteiger partial charge in [-0.2, -0.15) is 0 Å². The molecule has 0 aliphatic rings. The lowest BCUT2D eigenvalue weighted by molar-refractivity contribution is 0.102. The molecule has 0 bridgehead atoms. The summed E-state index contributed by atoms with van der Waals surface area (Å²) in [4.78, 5) is 12.5. The lowest BCUT2D eigenvalue weighted by Crippen LogP contribution is -2.15. The molecule has 26 heavy (non-hydrogen) atoms. The first kappa shape index (κ1) is 18.6. The third kappa shape index (κ3) is 4.32. The quantitative estimate of drug-likeness (QED) is 0.581. The summed E-state index contributed by atoms with van der Waals surface area (Å²) in [5.41, 5.74) is 2.30. The highest BCUT2D eigenvalue weighted by atomic mass is 79.9. The maximum absolute atomic E-state index is 12.5. The molecule has 0 aliphatic heterocycles. The van der Waals surface area contributed by atoms with Crippen LogP contribution in [0, 0.1) is 6.92 Å². The predicted molar refractivity (Wildman–Crippen MR) is 108 cm³/mol. The number of rotatable bonds is 5. The third-order valence-electron chi connectivity index (χ3n) is 3.58. The van der Waals surface area contributed by atoms with Crippen LogP contribution in [0.2, 0.25) is 0 Å². The number of aryl methyl sites for hydroxylation is 1. The van der Waals surface area contributed by atoms with Crippen LogP contribution in [0.4, 0.5) is 11.4 Å². The van der Waals surface area contributed by atoms with Crippen molar-refractivity contribution in [2.24, 2.45) is 0 Å². The topological polar surface area (TPSA) is 75.3 Å². The van der Waals surface area contributed by atoms with Crippen LogP contribution >= 0.6 is 27.3 Å². The third-order valence-corrected chi connectivity index (χ3v) is 6.86. The number of carbonyl (C=O) groups is 1. The molecule has 2 aromatic carbocycles. The summed E-state index contributed by atoms with van der Waals surface area (Å²) < 4.78 is 28.2. The van der Waals surface area contributed by atoms with Gasteiger partial charge in [0.2, 0.25) is 0 Å². The first-order valence-corrected chi connectivity index (χ1v) is 10.7. The average Bonchev–Trinajstić information content (AvgIpc) is 3.13.